The second-order valence-electron chi connectivity index (χ2n) is 16.4. The van der Waals surface area contributed by atoms with E-state index in [2.05, 4.69) is 231 Å². The van der Waals surface area contributed by atoms with Gasteiger partial charge in [0.1, 0.15) is 0 Å². The highest BCUT2D eigenvalue weighted by molar-refractivity contribution is 7.68. The first kappa shape index (κ1) is 35.5. The Morgan fingerprint density at radius 2 is 0.597 bits per heavy atom. The van der Waals surface area contributed by atoms with Gasteiger partial charge in [-0.25, -0.2) is 0 Å². The van der Waals surface area contributed by atoms with E-state index in [9.17, 15) is 0 Å². The van der Waals surface area contributed by atoms with Crippen LogP contribution in [-0.4, -0.2) is 0 Å². The molecule has 13 aromatic rings. The first-order chi connectivity index (χ1) is 30.8. The van der Waals surface area contributed by atoms with E-state index in [0.29, 0.717) is 0 Å². The lowest BCUT2D eigenvalue weighted by Gasteiger charge is -2.19. The van der Waals surface area contributed by atoms with Gasteiger partial charge in [-0.1, -0.05) is 240 Å². The SMILES string of the molecule is c1ccc(-p2c3ccccc3c3cccc(-c4cccc5c(-c6cccc7ccccc67)c6cccc(-c7cccc8c9ccccc9p(-c9ccccc9)c78)c6cc45)c32)cc1. The van der Waals surface area contributed by atoms with E-state index < -0.39 is 15.1 Å². The summed E-state index contributed by atoms with van der Waals surface area (Å²) < 4.78 is 0. The van der Waals surface area contributed by atoms with Crippen LogP contribution >= 0.6 is 15.1 Å². The first-order valence-corrected chi connectivity index (χ1v) is 24.1. The molecular weight excluding hydrogens is 783 g/mol. The van der Waals surface area contributed by atoms with Gasteiger partial charge in [-0.15, -0.1) is 0 Å². The van der Waals surface area contributed by atoms with Crippen molar-refractivity contribution in [2.24, 2.45) is 0 Å². The van der Waals surface area contributed by atoms with Crippen molar-refractivity contribution in [3.63, 3.8) is 0 Å². The summed E-state index contributed by atoms with van der Waals surface area (Å²) in [4.78, 5) is 0. The van der Waals surface area contributed by atoms with E-state index >= 15 is 0 Å². The fourth-order valence-corrected chi connectivity index (χ4v) is 16.1. The molecule has 0 radical (unpaired) electrons. The van der Waals surface area contributed by atoms with Crippen LogP contribution in [0, 0.1) is 0 Å². The van der Waals surface area contributed by atoms with Crippen LogP contribution in [0.1, 0.15) is 0 Å². The number of hydrogen-bond donors (Lipinski definition) is 0. The molecule has 11 aromatic carbocycles. The van der Waals surface area contributed by atoms with E-state index in [1.165, 1.54) is 118 Å². The largest absolute Gasteiger partial charge is 0.0766 e. The van der Waals surface area contributed by atoms with Crippen LogP contribution in [0.3, 0.4) is 0 Å². The molecule has 2 aromatic heterocycles. The number of rotatable bonds is 5. The monoisotopic (exact) mass is 820 g/mol. The van der Waals surface area contributed by atoms with Crippen molar-refractivity contribution in [1.29, 1.82) is 0 Å². The summed E-state index contributed by atoms with van der Waals surface area (Å²) >= 11 is 0. The fourth-order valence-electron chi connectivity index (χ4n) is 10.5. The molecule has 2 heterocycles. The van der Waals surface area contributed by atoms with Gasteiger partial charge in [-0.05, 0) is 104 Å². The molecule has 0 fully saturated rings. The molecule has 62 heavy (non-hydrogen) atoms. The van der Waals surface area contributed by atoms with E-state index in [0.717, 1.165) is 0 Å². The predicted octanol–water partition coefficient (Wildman–Crippen LogP) is 18.7. The third kappa shape index (κ3) is 5.28. The van der Waals surface area contributed by atoms with E-state index in [1.807, 2.05) is 0 Å². The molecule has 0 nitrogen and oxygen atoms in total. The quantitative estimate of drug-likeness (QED) is 0.152. The third-order valence-electron chi connectivity index (χ3n) is 13.1. The summed E-state index contributed by atoms with van der Waals surface area (Å²) in [6, 6.07) is 87.0. The molecule has 0 bridgehead atoms. The Balaban J connectivity index is 1.20. The second-order valence-corrected chi connectivity index (χ2v) is 20.6. The minimum absolute atomic E-state index is 0.775. The van der Waals surface area contributed by atoms with Crippen molar-refractivity contribution in [2.45, 2.75) is 0 Å². The molecule has 2 heteroatoms. The Morgan fingerprint density at radius 1 is 0.226 bits per heavy atom. The van der Waals surface area contributed by atoms with Gasteiger partial charge in [0.15, 0.2) is 0 Å². The zero-order valence-electron chi connectivity index (χ0n) is 33.8. The molecule has 0 N–H and O–H groups in total. The van der Waals surface area contributed by atoms with Crippen LogP contribution < -0.4 is 0 Å². The lowest BCUT2D eigenvalue weighted by molar-refractivity contribution is 1.68. The van der Waals surface area contributed by atoms with Gasteiger partial charge in [0, 0.05) is 20.5 Å². The van der Waals surface area contributed by atoms with Crippen LogP contribution in [-0.2, 0) is 0 Å². The highest BCUT2D eigenvalue weighted by atomic mass is 31.1. The van der Waals surface area contributed by atoms with E-state index in [4.69, 9.17) is 0 Å². The molecule has 13 rings (SSSR count). The highest BCUT2D eigenvalue weighted by Crippen LogP contribution is 2.60. The molecule has 2 unspecified atom stereocenters. The maximum absolute atomic E-state index is 2.54. The molecule has 0 spiro atoms. The molecule has 0 saturated heterocycles. The van der Waals surface area contributed by atoms with Gasteiger partial charge in [0.2, 0.25) is 0 Å². The summed E-state index contributed by atoms with van der Waals surface area (Å²) in [5, 5.41) is 21.6. The maximum Gasteiger partial charge on any atom is 0.0147 e. The van der Waals surface area contributed by atoms with Crippen molar-refractivity contribution in [1.82, 2.24) is 0 Å². The van der Waals surface area contributed by atoms with Gasteiger partial charge in [-0.3, -0.25) is 0 Å². The molecule has 0 aliphatic heterocycles. The summed E-state index contributed by atoms with van der Waals surface area (Å²) in [7, 11) is -1.55. The normalized spacial score (nSPS) is 12.5. The zero-order chi connectivity index (χ0) is 40.7. The summed E-state index contributed by atoms with van der Waals surface area (Å²) in [6.45, 7) is 0. The molecule has 0 saturated carbocycles. The predicted molar refractivity (Wildman–Crippen MR) is 273 cm³/mol. The average molecular weight is 821 g/mol. The molecular formula is C60H38P2. The Kier molecular flexibility index (Phi) is 8.14. The smallest absolute Gasteiger partial charge is 0.0147 e. The number of benzene rings is 11. The van der Waals surface area contributed by atoms with Crippen molar-refractivity contribution in [2.75, 3.05) is 0 Å². The summed E-state index contributed by atoms with van der Waals surface area (Å²) in [5.41, 5.74) is 7.77. The third-order valence-corrected chi connectivity index (χ3v) is 18.3. The zero-order valence-corrected chi connectivity index (χ0v) is 35.6. The Labute approximate surface area is 362 Å². The molecule has 0 amide bonds. The molecule has 0 aliphatic carbocycles. The van der Waals surface area contributed by atoms with Crippen LogP contribution in [0.5, 0.6) is 0 Å². The van der Waals surface area contributed by atoms with Gasteiger partial charge in [-0.2, -0.15) is 0 Å². The minimum atomic E-state index is -0.775. The van der Waals surface area contributed by atoms with Crippen molar-refractivity contribution in [3.05, 3.63) is 231 Å². The average Bonchev–Trinajstić information content (AvgIpc) is 3.87. The Hall–Kier alpha value is -7.20. The lowest BCUT2D eigenvalue weighted by atomic mass is 9.85. The molecule has 0 aliphatic rings. The van der Waals surface area contributed by atoms with Crippen LogP contribution in [0.25, 0.3) is 118 Å². The summed E-state index contributed by atoms with van der Waals surface area (Å²) in [6.07, 6.45) is 0. The van der Waals surface area contributed by atoms with Crippen molar-refractivity contribution < 1.29 is 0 Å². The minimum Gasteiger partial charge on any atom is -0.0766 e. The van der Waals surface area contributed by atoms with Crippen LogP contribution in [0.15, 0.2) is 231 Å². The molecule has 2 atom stereocenters. The van der Waals surface area contributed by atoms with E-state index in [-0.39, 0.29) is 0 Å². The van der Waals surface area contributed by atoms with Gasteiger partial charge in [0.25, 0.3) is 0 Å². The Bertz CT molecular complexity index is 3690. The van der Waals surface area contributed by atoms with Crippen LogP contribution in [0.4, 0.5) is 0 Å². The van der Waals surface area contributed by atoms with Crippen LogP contribution in [0.2, 0.25) is 0 Å². The standard InChI is InChI=1S/C60H38P2/c1-3-20-40(21-4-1)61-56-36-11-9-25-45(56)52-34-16-32-50(59(52)61)43-27-14-30-48-54(43)38-55-44(28-15-31-49(55)58(48)47-29-13-19-39-18-7-8-24-42(39)47)51-33-17-35-53-46-26-10-12-37-57(46)62(60(51)53)41-22-5-2-6-23-41/h1-38H. The summed E-state index contributed by atoms with van der Waals surface area (Å²) in [5.74, 6) is 0. The number of hydrogen-bond acceptors (Lipinski definition) is 0. The second kappa shape index (κ2) is 14.2. The number of fused-ring (bicyclic) bond motifs is 9. The Morgan fingerprint density at radius 3 is 1.13 bits per heavy atom. The highest BCUT2D eigenvalue weighted by Gasteiger charge is 2.23. The fraction of sp³-hybridized carbons (Fsp3) is 0. The van der Waals surface area contributed by atoms with Gasteiger partial charge < -0.3 is 0 Å². The van der Waals surface area contributed by atoms with Crippen molar-refractivity contribution in [3.8, 4) is 44.0 Å². The van der Waals surface area contributed by atoms with Crippen molar-refractivity contribution >= 4 is 89.4 Å². The molecule has 288 valence electrons. The lowest BCUT2D eigenvalue weighted by Crippen LogP contribution is -1.92. The van der Waals surface area contributed by atoms with E-state index in [1.54, 1.807) is 0 Å². The maximum atomic E-state index is 2.54. The first-order valence-electron chi connectivity index (χ1n) is 21.4. The topological polar surface area (TPSA) is 0 Å². The van der Waals surface area contributed by atoms with Gasteiger partial charge >= 0.3 is 0 Å². The van der Waals surface area contributed by atoms with Gasteiger partial charge in [0.05, 0.1) is 0 Å².